The fraction of sp³-hybridized carbons (Fsp3) is 0.900. The molecular formula is C10H22O2. The van der Waals surface area contributed by atoms with Crippen molar-refractivity contribution >= 4 is 5.78 Å². The Morgan fingerprint density at radius 2 is 1.67 bits per heavy atom. The molecule has 12 heavy (non-hydrogen) atoms. The maximum absolute atomic E-state index is 10.2. The Hall–Kier alpha value is -0.370. The highest BCUT2D eigenvalue weighted by Crippen LogP contribution is 1.92. The van der Waals surface area contributed by atoms with Gasteiger partial charge in [-0.15, -0.1) is 0 Å². The lowest BCUT2D eigenvalue weighted by Gasteiger charge is -1.86. The Morgan fingerprint density at radius 1 is 1.17 bits per heavy atom. The van der Waals surface area contributed by atoms with E-state index in [4.69, 9.17) is 4.74 Å². The maximum atomic E-state index is 10.2. The fourth-order valence-electron chi connectivity index (χ4n) is 0.630. The Labute approximate surface area is 76.3 Å². The summed E-state index contributed by atoms with van der Waals surface area (Å²) in [5.74, 6) is 0.307. The SMILES string of the molecule is CCCCC(C)=O.CCOCC. The van der Waals surface area contributed by atoms with E-state index in [0.717, 1.165) is 32.5 Å². The standard InChI is InChI=1S/C6H12O.C4H10O/c1-3-4-5-6(2)7;1-3-5-4-2/h3-5H2,1-2H3;3-4H2,1-2H3. The van der Waals surface area contributed by atoms with E-state index in [-0.39, 0.29) is 0 Å². The van der Waals surface area contributed by atoms with Crippen LogP contribution in [-0.2, 0) is 9.53 Å². The molecule has 0 radical (unpaired) electrons. The number of hydrogen-bond donors (Lipinski definition) is 0. The minimum atomic E-state index is 0.307. The molecule has 0 aliphatic rings. The summed E-state index contributed by atoms with van der Waals surface area (Å²) >= 11 is 0. The molecule has 74 valence electrons. The summed E-state index contributed by atoms with van der Waals surface area (Å²) in [6.07, 6.45) is 2.94. The van der Waals surface area contributed by atoms with Gasteiger partial charge >= 0.3 is 0 Å². The summed E-state index contributed by atoms with van der Waals surface area (Å²) in [5, 5.41) is 0. The van der Waals surface area contributed by atoms with Gasteiger partial charge in [0.2, 0.25) is 0 Å². The number of hydrogen-bond acceptors (Lipinski definition) is 2. The van der Waals surface area contributed by atoms with Gasteiger partial charge in [0.1, 0.15) is 5.78 Å². The number of ether oxygens (including phenoxy) is 1. The summed E-state index contributed by atoms with van der Waals surface area (Å²) in [7, 11) is 0. The Morgan fingerprint density at radius 3 is 1.75 bits per heavy atom. The number of carbonyl (C=O) groups is 1. The molecule has 0 aliphatic heterocycles. The molecular weight excluding hydrogens is 152 g/mol. The summed E-state index contributed by atoms with van der Waals surface area (Å²) < 4.78 is 4.83. The highest BCUT2D eigenvalue weighted by molar-refractivity contribution is 5.75. The number of Topliss-reactive ketones (excluding diaryl/α,β-unsaturated/α-hetero) is 1. The van der Waals surface area contributed by atoms with Crippen LogP contribution in [0.4, 0.5) is 0 Å². The molecule has 0 atom stereocenters. The van der Waals surface area contributed by atoms with Gasteiger partial charge in [0.15, 0.2) is 0 Å². The van der Waals surface area contributed by atoms with Crippen LogP contribution in [0.2, 0.25) is 0 Å². The average molecular weight is 174 g/mol. The molecule has 0 fully saturated rings. The van der Waals surface area contributed by atoms with Crippen LogP contribution in [0.15, 0.2) is 0 Å². The van der Waals surface area contributed by atoms with E-state index >= 15 is 0 Å². The molecule has 2 heteroatoms. The molecule has 0 N–H and O–H groups in total. The zero-order chi connectivity index (χ0) is 9.82. The van der Waals surface area contributed by atoms with Crippen molar-refractivity contribution in [3.8, 4) is 0 Å². The molecule has 0 spiro atoms. The molecule has 0 amide bonds. The minimum Gasteiger partial charge on any atom is -0.382 e. The Balaban J connectivity index is 0. The number of ketones is 1. The van der Waals surface area contributed by atoms with Crippen molar-refractivity contribution in [3.63, 3.8) is 0 Å². The number of rotatable bonds is 5. The van der Waals surface area contributed by atoms with E-state index in [0.29, 0.717) is 5.78 Å². The molecule has 0 unspecified atom stereocenters. The van der Waals surface area contributed by atoms with Crippen LogP contribution in [0.1, 0.15) is 47.0 Å². The second-order valence-corrected chi connectivity index (χ2v) is 2.59. The largest absolute Gasteiger partial charge is 0.382 e. The second-order valence-electron chi connectivity index (χ2n) is 2.59. The van der Waals surface area contributed by atoms with E-state index in [2.05, 4.69) is 6.92 Å². The number of carbonyl (C=O) groups excluding carboxylic acids is 1. The van der Waals surface area contributed by atoms with Crippen LogP contribution in [-0.4, -0.2) is 19.0 Å². The smallest absolute Gasteiger partial charge is 0.129 e. The van der Waals surface area contributed by atoms with Gasteiger partial charge in [-0.3, -0.25) is 0 Å². The summed E-state index contributed by atoms with van der Waals surface area (Å²) in [5.41, 5.74) is 0. The monoisotopic (exact) mass is 174 g/mol. The number of unbranched alkanes of at least 4 members (excludes halogenated alkanes) is 1. The van der Waals surface area contributed by atoms with Crippen LogP contribution in [0.25, 0.3) is 0 Å². The molecule has 0 saturated heterocycles. The van der Waals surface area contributed by atoms with Gasteiger partial charge in [-0.25, -0.2) is 0 Å². The first kappa shape index (κ1) is 14.2. The van der Waals surface area contributed by atoms with Gasteiger partial charge in [0, 0.05) is 19.6 Å². The quantitative estimate of drug-likeness (QED) is 0.640. The molecule has 2 nitrogen and oxygen atoms in total. The predicted molar refractivity (Wildman–Crippen MR) is 52.4 cm³/mol. The highest BCUT2D eigenvalue weighted by Gasteiger charge is 1.87. The van der Waals surface area contributed by atoms with Gasteiger partial charge in [-0.1, -0.05) is 13.3 Å². The van der Waals surface area contributed by atoms with Crippen LogP contribution in [0.3, 0.4) is 0 Å². The third kappa shape index (κ3) is 22.6. The molecule has 0 aromatic heterocycles. The topological polar surface area (TPSA) is 26.3 Å². The van der Waals surface area contributed by atoms with Crippen molar-refractivity contribution < 1.29 is 9.53 Å². The van der Waals surface area contributed by atoms with Crippen molar-refractivity contribution in [2.75, 3.05) is 13.2 Å². The van der Waals surface area contributed by atoms with E-state index in [9.17, 15) is 4.79 Å². The van der Waals surface area contributed by atoms with Gasteiger partial charge in [0.05, 0.1) is 0 Å². The van der Waals surface area contributed by atoms with E-state index in [1.807, 2.05) is 13.8 Å². The van der Waals surface area contributed by atoms with Crippen molar-refractivity contribution in [2.24, 2.45) is 0 Å². The first-order valence-corrected chi connectivity index (χ1v) is 4.76. The molecule has 0 aliphatic carbocycles. The van der Waals surface area contributed by atoms with Gasteiger partial charge < -0.3 is 9.53 Å². The predicted octanol–water partition coefficient (Wildman–Crippen LogP) is 2.81. The third-order valence-corrected chi connectivity index (χ3v) is 1.29. The normalized spacial score (nSPS) is 8.67. The van der Waals surface area contributed by atoms with Gasteiger partial charge in [-0.05, 0) is 27.2 Å². The lowest BCUT2D eigenvalue weighted by atomic mass is 10.2. The third-order valence-electron chi connectivity index (χ3n) is 1.29. The van der Waals surface area contributed by atoms with Crippen molar-refractivity contribution in [3.05, 3.63) is 0 Å². The van der Waals surface area contributed by atoms with Gasteiger partial charge in [0.25, 0.3) is 0 Å². The average Bonchev–Trinajstić information content (AvgIpc) is 2.03. The van der Waals surface area contributed by atoms with E-state index < -0.39 is 0 Å². The van der Waals surface area contributed by atoms with Crippen LogP contribution < -0.4 is 0 Å². The molecule has 0 aromatic rings. The van der Waals surface area contributed by atoms with Crippen molar-refractivity contribution in [1.29, 1.82) is 0 Å². The Kier molecular flexibility index (Phi) is 15.6. The minimum absolute atomic E-state index is 0.307. The summed E-state index contributed by atoms with van der Waals surface area (Å²) in [6.45, 7) is 9.39. The first-order chi connectivity index (χ1) is 5.68. The maximum Gasteiger partial charge on any atom is 0.129 e. The molecule has 0 rings (SSSR count). The Bertz CT molecular complexity index is 87.8. The lowest BCUT2D eigenvalue weighted by molar-refractivity contribution is -0.117. The molecule has 0 aromatic carbocycles. The highest BCUT2D eigenvalue weighted by atomic mass is 16.5. The molecule has 0 heterocycles. The molecule has 0 saturated carbocycles. The van der Waals surface area contributed by atoms with Gasteiger partial charge in [-0.2, -0.15) is 0 Å². The lowest BCUT2D eigenvalue weighted by Crippen LogP contribution is -1.86. The van der Waals surface area contributed by atoms with Crippen LogP contribution in [0.5, 0.6) is 0 Å². The van der Waals surface area contributed by atoms with Crippen molar-refractivity contribution in [2.45, 2.75) is 47.0 Å². The zero-order valence-electron chi connectivity index (χ0n) is 8.85. The zero-order valence-corrected chi connectivity index (χ0v) is 8.85. The second kappa shape index (κ2) is 13.2. The molecule has 0 bridgehead atoms. The van der Waals surface area contributed by atoms with Crippen LogP contribution >= 0.6 is 0 Å². The van der Waals surface area contributed by atoms with E-state index in [1.165, 1.54) is 0 Å². The first-order valence-electron chi connectivity index (χ1n) is 4.76. The van der Waals surface area contributed by atoms with E-state index in [1.54, 1.807) is 6.92 Å². The van der Waals surface area contributed by atoms with Crippen molar-refractivity contribution in [1.82, 2.24) is 0 Å². The van der Waals surface area contributed by atoms with Crippen LogP contribution in [0, 0.1) is 0 Å². The fourth-order valence-corrected chi connectivity index (χ4v) is 0.630. The summed E-state index contributed by atoms with van der Waals surface area (Å²) in [4.78, 5) is 10.2. The summed E-state index contributed by atoms with van der Waals surface area (Å²) in [6, 6.07) is 0.